The lowest BCUT2D eigenvalue weighted by Crippen LogP contribution is -2.61. The highest BCUT2D eigenvalue weighted by Gasteiger charge is 2.48. The molecule has 1 aliphatic rings. The van der Waals surface area contributed by atoms with E-state index in [1.54, 1.807) is 0 Å². The van der Waals surface area contributed by atoms with Gasteiger partial charge in [-0.15, -0.1) is 0 Å². The molecule has 3 aromatic rings. The molecule has 1 N–H and O–H groups in total. The standard InChI is InChI=1S/C20H18F6N8O2/c1-10-13(5-28-15-7-27-14(6-29-15)20(24,25)26)34(9-19(22,23)36-10)18(35)16-12(8-33(2)32-16)17-30-3-11(21)4-31-17/h3-4,6-8,10,13H,5,9H2,1-2H3,(H,28,29)/t10-,13+/m0/s1. The monoisotopic (exact) mass is 516 g/mol. The van der Waals surface area contributed by atoms with E-state index in [1.807, 2.05) is 0 Å². The summed E-state index contributed by atoms with van der Waals surface area (Å²) >= 11 is 0. The van der Waals surface area contributed by atoms with Gasteiger partial charge in [0.2, 0.25) is 0 Å². The van der Waals surface area contributed by atoms with Crippen LogP contribution in [-0.2, 0) is 18.0 Å². The topological polar surface area (TPSA) is 111 Å². The summed E-state index contributed by atoms with van der Waals surface area (Å²) in [7, 11) is 1.49. The van der Waals surface area contributed by atoms with E-state index in [2.05, 4.69) is 30.4 Å². The predicted molar refractivity (Wildman–Crippen MR) is 110 cm³/mol. The van der Waals surface area contributed by atoms with E-state index in [9.17, 15) is 31.1 Å². The van der Waals surface area contributed by atoms with Crippen molar-refractivity contribution in [1.29, 1.82) is 0 Å². The summed E-state index contributed by atoms with van der Waals surface area (Å²) in [4.78, 5) is 28.8. The molecule has 1 saturated heterocycles. The van der Waals surface area contributed by atoms with Gasteiger partial charge in [0.15, 0.2) is 23.0 Å². The van der Waals surface area contributed by atoms with Crippen molar-refractivity contribution in [3.05, 3.63) is 48.2 Å². The molecule has 1 amide bonds. The van der Waals surface area contributed by atoms with Crippen LogP contribution in [0.3, 0.4) is 0 Å². The normalized spacial score (nSPS) is 19.8. The van der Waals surface area contributed by atoms with Crippen molar-refractivity contribution in [2.45, 2.75) is 31.4 Å². The number of carbonyl (C=O) groups excluding carboxylic acids is 1. The van der Waals surface area contributed by atoms with Crippen molar-refractivity contribution < 1.29 is 35.9 Å². The number of alkyl halides is 5. The van der Waals surface area contributed by atoms with E-state index >= 15 is 0 Å². The Kier molecular flexibility index (Phi) is 6.55. The van der Waals surface area contributed by atoms with Gasteiger partial charge in [-0.3, -0.25) is 9.48 Å². The number of ether oxygens (including phenoxy) is 1. The second-order valence-corrected chi connectivity index (χ2v) is 7.92. The van der Waals surface area contributed by atoms with E-state index in [4.69, 9.17) is 4.74 Å². The fraction of sp³-hybridized carbons (Fsp3) is 0.400. The maximum absolute atomic E-state index is 14.3. The third kappa shape index (κ3) is 5.37. The number of aryl methyl sites for hydroxylation is 1. The van der Waals surface area contributed by atoms with Crippen LogP contribution in [0.4, 0.5) is 32.2 Å². The molecule has 4 rings (SSSR count). The molecule has 1 fully saturated rings. The number of hydrogen-bond donors (Lipinski definition) is 1. The van der Waals surface area contributed by atoms with Gasteiger partial charge >= 0.3 is 12.3 Å². The lowest BCUT2D eigenvalue weighted by atomic mass is 10.1. The van der Waals surface area contributed by atoms with Gasteiger partial charge in [-0.1, -0.05) is 0 Å². The highest BCUT2D eigenvalue weighted by Crippen LogP contribution is 2.32. The molecule has 16 heteroatoms. The molecule has 2 atom stereocenters. The summed E-state index contributed by atoms with van der Waals surface area (Å²) in [5.41, 5.74) is -1.37. The second-order valence-electron chi connectivity index (χ2n) is 7.92. The zero-order valence-corrected chi connectivity index (χ0v) is 18.7. The lowest BCUT2D eigenvalue weighted by Gasteiger charge is -2.43. The molecule has 0 aliphatic carbocycles. The van der Waals surface area contributed by atoms with Gasteiger partial charge < -0.3 is 15.0 Å². The predicted octanol–water partition coefficient (Wildman–Crippen LogP) is 2.76. The number of rotatable bonds is 5. The Balaban J connectivity index is 1.60. The van der Waals surface area contributed by atoms with Crippen LogP contribution in [0.2, 0.25) is 0 Å². The highest BCUT2D eigenvalue weighted by atomic mass is 19.4. The summed E-state index contributed by atoms with van der Waals surface area (Å²) in [5, 5.41) is 6.75. The molecule has 1 aliphatic heterocycles. The largest absolute Gasteiger partial charge is 0.434 e. The lowest BCUT2D eigenvalue weighted by molar-refractivity contribution is -0.298. The number of anilines is 1. The van der Waals surface area contributed by atoms with Crippen LogP contribution >= 0.6 is 0 Å². The number of hydrogen-bond acceptors (Lipinski definition) is 8. The summed E-state index contributed by atoms with van der Waals surface area (Å²) in [6.45, 7) is -0.0136. The first-order valence-corrected chi connectivity index (χ1v) is 10.4. The van der Waals surface area contributed by atoms with Crippen molar-refractivity contribution in [1.82, 2.24) is 34.6 Å². The molecule has 36 heavy (non-hydrogen) atoms. The molecule has 192 valence electrons. The van der Waals surface area contributed by atoms with Gasteiger partial charge in [-0.25, -0.2) is 24.3 Å². The Morgan fingerprint density at radius 3 is 2.47 bits per heavy atom. The Bertz CT molecular complexity index is 1230. The van der Waals surface area contributed by atoms with E-state index in [-0.39, 0.29) is 29.4 Å². The van der Waals surface area contributed by atoms with Gasteiger partial charge in [0.1, 0.15) is 12.4 Å². The zero-order valence-electron chi connectivity index (χ0n) is 18.7. The number of carbonyl (C=O) groups is 1. The summed E-state index contributed by atoms with van der Waals surface area (Å²) < 4.78 is 86.0. The molecule has 0 aromatic carbocycles. The van der Waals surface area contributed by atoms with Gasteiger partial charge in [-0.05, 0) is 6.92 Å². The van der Waals surface area contributed by atoms with Gasteiger partial charge in [0.25, 0.3) is 5.91 Å². The van der Waals surface area contributed by atoms with E-state index in [1.165, 1.54) is 24.9 Å². The Morgan fingerprint density at radius 1 is 1.17 bits per heavy atom. The number of amides is 1. The van der Waals surface area contributed by atoms with Crippen LogP contribution in [-0.4, -0.2) is 71.9 Å². The van der Waals surface area contributed by atoms with Crippen molar-refractivity contribution in [3.63, 3.8) is 0 Å². The van der Waals surface area contributed by atoms with Crippen LogP contribution in [0.5, 0.6) is 0 Å². The van der Waals surface area contributed by atoms with Crippen molar-refractivity contribution >= 4 is 11.7 Å². The van der Waals surface area contributed by atoms with Crippen molar-refractivity contribution in [2.24, 2.45) is 7.05 Å². The van der Waals surface area contributed by atoms with Gasteiger partial charge in [-0.2, -0.15) is 27.1 Å². The number of aromatic nitrogens is 6. The fourth-order valence-electron chi connectivity index (χ4n) is 3.63. The number of nitrogens with one attached hydrogen (secondary N) is 1. The SMILES string of the molecule is C[C@@H]1OC(F)(F)CN(C(=O)c2nn(C)cc2-c2ncc(F)cn2)[C@@H]1CNc1cnc(C(F)(F)F)cn1. The Morgan fingerprint density at radius 2 is 1.86 bits per heavy atom. The Hall–Kier alpha value is -3.82. The molecular formula is C20H18F6N8O2. The maximum atomic E-state index is 14.3. The average Bonchev–Trinajstić information content (AvgIpc) is 3.19. The minimum absolute atomic E-state index is 0.0457. The zero-order chi connectivity index (χ0) is 26.3. The molecule has 0 spiro atoms. The quantitative estimate of drug-likeness (QED) is 0.516. The van der Waals surface area contributed by atoms with Crippen LogP contribution in [0.25, 0.3) is 11.4 Å². The molecule has 4 heterocycles. The number of halogens is 6. The first-order chi connectivity index (χ1) is 16.8. The van der Waals surface area contributed by atoms with Crippen LogP contribution < -0.4 is 5.32 Å². The van der Waals surface area contributed by atoms with E-state index in [0.717, 1.165) is 23.5 Å². The molecule has 0 bridgehead atoms. The third-order valence-electron chi connectivity index (χ3n) is 5.24. The van der Waals surface area contributed by atoms with Crippen LogP contribution in [0, 0.1) is 5.82 Å². The van der Waals surface area contributed by atoms with Crippen molar-refractivity contribution in [2.75, 3.05) is 18.4 Å². The first kappa shape index (κ1) is 25.3. The summed E-state index contributed by atoms with van der Waals surface area (Å²) in [6, 6.07) is -1.01. The van der Waals surface area contributed by atoms with Crippen molar-refractivity contribution in [3.8, 4) is 11.4 Å². The Labute approximate surface area is 199 Å². The smallest absolute Gasteiger partial charge is 0.367 e. The molecular weight excluding hydrogens is 498 g/mol. The molecule has 0 radical (unpaired) electrons. The third-order valence-corrected chi connectivity index (χ3v) is 5.24. The molecule has 10 nitrogen and oxygen atoms in total. The molecule has 3 aromatic heterocycles. The number of nitrogens with zero attached hydrogens (tertiary/aromatic N) is 7. The molecule has 0 saturated carbocycles. The highest BCUT2D eigenvalue weighted by molar-refractivity contribution is 5.98. The number of morpholine rings is 1. The fourth-order valence-corrected chi connectivity index (χ4v) is 3.63. The van der Waals surface area contributed by atoms with Gasteiger partial charge in [0, 0.05) is 19.8 Å². The average molecular weight is 516 g/mol. The summed E-state index contributed by atoms with van der Waals surface area (Å²) in [5.74, 6) is -1.73. The van der Waals surface area contributed by atoms with E-state index < -0.39 is 48.4 Å². The first-order valence-electron chi connectivity index (χ1n) is 10.4. The maximum Gasteiger partial charge on any atom is 0.434 e. The minimum atomic E-state index is -4.68. The van der Waals surface area contributed by atoms with Crippen LogP contribution in [0.1, 0.15) is 23.1 Å². The molecule has 0 unspecified atom stereocenters. The minimum Gasteiger partial charge on any atom is -0.367 e. The van der Waals surface area contributed by atoms with Gasteiger partial charge in [0.05, 0.1) is 42.5 Å². The second kappa shape index (κ2) is 9.33. The van der Waals surface area contributed by atoms with Crippen LogP contribution in [0.15, 0.2) is 31.0 Å². The summed E-state index contributed by atoms with van der Waals surface area (Å²) in [6.07, 6.45) is -5.06. The van der Waals surface area contributed by atoms with E-state index in [0.29, 0.717) is 6.20 Å².